The molecule has 0 radical (unpaired) electrons. The van der Waals surface area contributed by atoms with Gasteiger partial charge in [-0.1, -0.05) is 31.0 Å². The van der Waals surface area contributed by atoms with Gasteiger partial charge in [0.25, 0.3) is 0 Å². The Labute approximate surface area is 184 Å². The first-order chi connectivity index (χ1) is 15.1. The fraction of sp³-hybridized carbons (Fsp3) is 0.462. The zero-order valence-electron chi connectivity index (χ0n) is 18.5. The molecule has 31 heavy (non-hydrogen) atoms. The van der Waals surface area contributed by atoms with Crippen LogP contribution in [0.4, 0.5) is 5.69 Å². The summed E-state index contributed by atoms with van der Waals surface area (Å²) in [7, 11) is 0. The van der Waals surface area contributed by atoms with Crippen LogP contribution in [0.3, 0.4) is 0 Å². The number of amidine groups is 1. The minimum absolute atomic E-state index is 0.166. The monoisotopic (exact) mass is 417 g/mol. The van der Waals surface area contributed by atoms with Gasteiger partial charge in [-0.3, -0.25) is 4.79 Å². The van der Waals surface area contributed by atoms with Crippen molar-refractivity contribution in [1.82, 2.24) is 9.80 Å². The van der Waals surface area contributed by atoms with Crippen LogP contribution in [0.1, 0.15) is 50.2 Å². The number of benzene rings is 2. The Balaban J connectivity index is 1.39. The molecule has 0 spiro atoms. The van der Waals surface area contributed by atoms with Crippen LogP contribution in [0, 0.1) is 12.8 Å². The SMILES string of the molecule is Cc1ccc2c(c1)Oc1ccccc1C(N1CCN(C(=O)CC3CCCC3)C(C)C1)=N2. The summed E-state index contributed by atoms with van der Waals surface area (Å²) in [5.41, 5.74) is 3.01. The molecule has 1 amide bonds. The predicted molar refractivity (Wildman–Crippen MR) is 123 cm³/mol. The normalized spacial score (nSPS) is 21.1. The third kappa shape index (κ3) is 4.06. The number of aryl methyl sites for hydroxylation is 1. The Morgan fingerprint density at radius 3 is 2.71 bits per heavy atom. The maximum absolute atomic E-state index is 13.0. The van der Waals surface area contributed by atoms with Crippen molar-refractivity contribution in [3.63, 3.8) is 0 Å². The van der Waals surface area contributed by atoms with Crippen LogP contribution in [0.2, 0.25) is 0 Å². The van der Waals surface area contributed by atoms with Gasteiger partial charge in [-0.25, -0.2) is 4.99 Å². The quantitative estimate of drug-likeness (QED) is 0.667. The summed E-state index contributed by atoms with van der Waals surface area (Å²) < 4.78 is 6.26. The molecule has 1 saturated carbocycles. The number of piperazine rings is 1. The fourth-order valence-corrected chi connectivity index (χ4v) is 5.17. The van der Waals surface area contributed by atoms with Gasteiger partial charge in [0.15, 0.2) is 5.75 Å². The van der Waals surface area contributed by atoms with Gasteiger partial charge in [0, 0.05) is 32.1 Å². The average molecular weight is 418 g/mol. The first-order valence-electron chi connectivity index (χ1n) is 11.6. The molecule has 0 N–H and O–H groups in total. The number of hydrogen-bond acceptors (Lipinski definition) is 4. The molecule has 1 saturated heterocycles. The molecule has 5 heteroatoms. The van der Waals surface area contributed by atoms with E-state index in [2.05, 4.69) is 35.8 Å². The Hall–Kier alpha value is -2.82. The molecule has 5 rings (SSSR count). The molecule has 2 aromatic carbocycles. The summed E-state index contributed by atoms with van der Waals surface area (Å²) in [4.78, 5) is 22.4. The van der Waals surface area contributed by atoms with E-state index in [1.807, 2.05) is 30.3 Å². The fourth-order valence-electron chi connectivity index (χ4n) is 5.17. The predicted octanol–water partition coefficient (Wildman–Crippen LogP) is 5.29. The number of nitrogens with zero attached hydrogens (tertiary/aromatic N) is 3. The maximum Gasteiger partial charge on any atom is 0.223 e. The van der Waals surface area contributed by atoms with Crippen LogP contribution in [0.15, 0.2) is 47.5 Å². The van der Waals surface area contributed by atoms with Crippen LogP contribution in [0.25, 0.3) is 0 Å². The summed E-state index contributed by atoms with van der Waals surface area (Å²) in [6, 6.07) is 14.4. The van der Waals surface area contributed by atoms with Crippen LogP contribution >= 0.6 is 0 Å². The second kappa shape index (κ2) is 8.37. The summed E-state index contributed by atoms with van der Waals surface area (Å²) in [6.45, 7) is 6.54. The molecule has 5 nitrogen and oxygen atoms in total. The highest BCUT2D eigenvalue weighted by Crippen LogP contribution is 2.39. The van der Waals surface area contributed by atoms with E-state index in [4.69, 9.17) is 9.73 Å². The summed E-state index contributed by atoms with van der Waals surface area (Å²) in [5, 5.41) is 0. The smallest absolute Gasteiger partial charge is 0.223 e. The van der Waals surface area contributed by atoms with Crippen LogP contribution in [-0.2, 0) is 4.79 Å². The molecule has 2 heterocycles. The number of hydrogen-bond donors (Lipinski definition) is 0. The molecule has 2 aliphatic heterocycles. The molecule has 1 unspecified atom stereocenters. The van der Waals surface area contributed by atoms with Crippen molar-refractivity contribution in [2.24, 2.45) is 10.9 Å². The molecule has 162 valence electrons. The zero-order valence-corrected chi connectivity index (χ0v) is 18.5. The number of para-hydroxylation sites is 1. The third-order valence-corrected chi connectivity index (χ3v) is 6.87. The second-order valence-corrected chi connectivity index (χ2v) is 9.24. The highest BCUT2D eigenvalue weighted by Gasteiger charge is 2.32. The second-order valence-electron chi connectivity index (χ2n) is 9.24. The molecule has 0 bridgehead atoms. The standard InChI is InChI=1S/C26H31N3O2/c1-18-11-12-22-24(15-18)31-23-10-6-5-9-21(23)26(27-22)28-13-14-29(19(2)17-28)25(30)16-20-7-3-4-8-20/h5-6,9-12,15,19-20H,3-4,7-8,13-14,16-17H2,1-2H3. The number of fused-ring (bicyclic) bond motifs is 2. The molecule has 2 fully saturated rings. The maximum atomic E-state index is 13.0. The van der Waals surface area contributed by atoms with Gasteiger partial charge in [-0.15, -0.1) is 0 Å². The van der Waals surface area contributed by atoms with Gasteiger partial charge < -0.3 is 14.5 Å². The number of aliphatic imine (C=N–C) groups is 1. The first kappa shape index (κ1) is 20.1. The lowest BCUT2D eigenvalue weighted by Crippen LogP contribution is -2.55. The van der Waals surface area contributed by atoms with Gasteiger partial charge >= 0.3 is 0 Å². The molecule has 1 aliphatic carbocycles. The van der Waals surface area contributed by atoms with E-state index in [9.17, 15) is 4.79 Å². The third-order valence-electron chi connectivity index (χ3n) is 6.87. The summed E-state index contributed by atoms with van der Waals surface area (Å²) in [6.07, 6.45) is 5.71. The van der Waals surface area contributed by atoms with Gasteiger partial charge in [0.05, 0.1) is 5.56 Å². The van der Waals surface area contributed by atoms with Crippen LogP contribution < -0.4 is 4.74 Å². The molecular formula is C26H31N3O2. The number of carbonyl (C=O) groups excluding carboxylic acids is 1. The van der Waals surface area contributed by atoms with Gasteiger partial charge in [0.1, 0.15) is 17.3 Å². The lowest BCUT2D eigenvalue weighted by molar-refractivity contribution is -0.135. The minimum atomic E-state index is 0.166. The van der Waals surface area contributed by atoms with Crippen molar-refractivity contribution < 1.29 is 9.53 Å². The zero-order chi connectivity index (χ0) is 21.4. The van der Waals surface area contributed by atoms with Crippen LogP contribution in [-0.4, -0.2) is 47.2 Å². The van der Waals surface area contributed by atoms with E-state index in [1.165, 1.54) is 25.7 Å². The van der Waals surface area contributed by atoms with E-state index in [0.717, 1.165) is 53.8 Å². The van der Waals surface area contributed by atoms with E-state index in [0.29, 0.717) is 18.2 Å². The largest absolute Gasteiger partial charge is 0.454 e. The number of carbonyl (C=O) groups is 1. The number of ether oxygens (including phenoxy) is 1. The lowest BCUT2D eigenvalue weighted by atomic mass is 10.0. The van der Waals surface area contributed by atoms with E-state index in [-0.39, 0.29) is 6.04 Å². The Bertz CT molecular complexity index is 1010. The Morgan fingerprint density at radius 2 is 1.90 bits per heavy atom. The Morgan fingerprint density at radius 1 is 1.10 bits per heavy atom. The van der Waals surface area contributed by atoms with Crippen molar-refractivity contribution >= 4 is 17.4 Å². The van der Waals surface area contributed by atoms with Gasteiger partial charge in [-0.2, -0.15) is 0 Å². The van der Waals surface area contributed by atoms with Gasteiger partial charge in [0.2, 0.25) is 5.91 Å². The molecule has 3 aliphatic rings. The van der Waals surface area contributed by atoms with Crippen molar-refractivity contribution in [3.8, 4) is 11.5 Å². The van der Waals surface area contributed by atoms with Crippen molar-refractivity contribution in [1.29, 1.82) is 0 Å². The van der Waals surface area contributed by atoms with Crippen molar-refractivity contribution in [2.45, 2.75) is 52.0 Å². The average Bonchev–Trinajstić information content (AvgIpc) is 3.20. The topological polar surface area (TPSA) is 45.1 Å². The van der Waals surface area contributed by atoms with E-state index >= 15 is 0 Å². The highest BCUT2D eigenvalue weighted by molar-refractivity contribution is 6.03. The minimum Gasteiger partial charge on any atom is -0.454 e. The lowest BCUT2D eigenvalue weighted by Gasteiger charge is -2.41. The van der Waals surface area contributed by atoms with Gasteiger partial charge in [-0.05, 0) is 62.4 Å². The highest BCUT2D eigenvalue weighted by atomic mass is 16.5. The summed E-state index contributed by atoms with van der Waals surface area (Å²) in [5.74, 6) is 3.48. The molecule has 0 aromatic heterocycles. The van der Waals surface area contributed by atoms with Crippen LogP contribution in [0.5, 0.6) is 11.5 Å². The number of amides is 1. The first-order valence-corrected chi connectivity index (χ1v) is 11.6. The van der Waals surface area contributed by atoms with E-state index in [1.54, 1.807) is 0 Å². The molecule has 2 aromatic rings. The molecule has 1 atom stereocenters. The molecular weight excluding hydrogens is 386 g/mol. The van der Waals surface area contributed by atoms with Crippen molar-refractivity contribution in [2.75, 3.05) is 19.6 Å². The number of rotatable bonds is 2. The Kier molecular flexibility index (Phi) is 5.43. The van der Waals surface area contributed by atoms with Crippen molar-refractivity contribution in [3.05, 3.63) is 53.6 Å². The summed E-state index contributed by atoms with van der Waals surface area (Å²) >= 11 is 0. The van der Waals surface area contributed by atoms with E-state index < -0.39 is 0 Å².